The van der Waals surface area contributed by atoms with E-state index in [-0.39, 0.29) is 29.4 Å². The fourth-order valence-corrected chi connectivity index (χ4v) is 2.56. The second kappa shape index (κ2) is 7.36. The predicted octanol–water partition coefficient (Wildman–Crippen LogP) is 2.06. The van der Waals surface area contributed by atoms with E-state index in [2.05, 4.69) is 10.5 Å². The van der Waals surface area contributed by atoms with E-state index in [1.165, 1.54) is 30.6 Å². The lowest BCUT2D eigenvalue weighted by Crippen LogP contribution is -2.19. The molecule has 0 saturated carbocycles. The highest BCUT2D eigenvalue weighted by molar-refractivity contribution is 7.10. The zero-order valence-electron chi connectivity index (χ0n) is 12.1. The summed E-state index contributed by atoms with van der Waals surface area (Å²) in [6.07, 6.45) is 1.31. The number of nitro groups is 1. The fraction of sp³-hybridized carbons (Fsp3) is 0.143. The zero-order chi connectivity index (χ0) is 16.8. The summed E-state index contributed by atoms with van der Waals surface area (Å²) in [7, 11) is 1.21. The summed E-state index contributed by atoms with van der Waals surface area (Å²) in [6, 6.07) is 6.22. The van der Waals surface area contributed by atoms with E-state index in [0.29, 0.717) is 0 Å². The standard InChI is InChI=1S/C14H13N3O5S/c1-22-14-11(18)5-4-9(13(14)17(20)21)8-15-16-12(19)7-10-3-2-6-23-10/h2-6,8,18H,7H2,1H3,(H,16,19)/b15-8-. The van der Waals surface area contributed by atoms with Gasteiger partial charge in [0.05, 0.1) is 30.2 Å². The maximum absolute atomic E-state index is 11.7. The number of ether oxygens (including phenoxy) is 1. The third kappa shape index (κ3) is 4.04. The van der Waals surface area contributed by atoms with Crippen molar-refractivity contribution in [3.8, 4) is 11.5 Å². The van der Waals surface area contributed by atoms with Crippen molar-refractivity contribution in [1.29, 1.82) is 0 Å². The van der Waals surface area contributed by atoms with Crippen LogP contribution in [0.2, 0.25) is 0 Å². The maximum atomic E-state index is 11.7. The molecule has 1 aromatic carbocycles. The Balaban J connectivity index is 2.13. The third-order valence-electron chi connectivity index (χ3n) is 2.84. The summed E-state index contributed by atoms with van der Waals surface area (Å²) >= 11 is 1.45. The zero-order valence-corrected chi connectivity index (χ0v) is 12.9. The van der Waals surface area contributed by atoms with Crippen molar-refractivity contribution in [2.24, 2.45) is 5.10 Å². The number of benzene rings is 1. The lowest BCUT2D eigenvalue weighted by Gasteiger charge is -2.06. The molecule has 0 fully saturated rings. The fourth-order valence-electron chi connectivity index (χ4n) is 1.85. The van der Waals surface area contributed by atoms with Gasteiger partial charge in [-0.25, -0.2) is 5.43 Å². The molecule has 0 aliphatic rings. The number of amides is 1. The molecule has 9 heteroatoms. The van der Waals surface area contributed by atoms with Gasteiger partial charge in [-0.2, -0.15) is 5.10 Å². The Labute approximate surface area is 135 Å². The summed E-state index contributed by atoms with van der Waals surface area (Å²) in [5, 5.41) is 26.3. The van der Waals surface area contributed by atoms with Crippen LogP contribution in [0, 0.1) is 10.1 Å². The number of hydrogen-bond acceptors (Lipinski definition) is 7. The van der Waals surface area contributed by atoms with Gasteiger partial charge in [0.15, 0.2) is 5.75 Å². The Kier molecular flexibility index (Phi) is 5.26. The Hall–Kier alpha value is -2.94. The minimum Gasteiger partial charge on any atom is -0.504 e. The van der Waals surface area contributed by atoms with Gasteiger partial charge in [-0.1, -0.05) is 6.07 Å². The second-order valence-corrected chi connectivity index (χ2v) is 5.39. The van der Waals surface area contributed by atoms with Gasteiger partial charge in [-0.15, -0.1) is 11.3 Å². The minimum absolute atomic E-state index is 0.0982. The average molecular weight is 335 g/mol. The Morgan fingerprint density at radius 1 is 1.52 bits per heavy atom. The van der Waals surface area contributed by atoms with E-state index < -0.39 is 10.6 Å². The molecular weight excluding hydrogens is 322 g/mol. The van der Waals surface area contributed by atoms with Crippen molar-refractivity contribution < 1.29 is 19.6 Å². The number of hydrogen-bond donors (Lipinski definition) is 2. The molecule has 1 amide bonds. The third-order valence-corrected chi connectivity index (χ3v) is 3.71. The first-order valence-corrected chi connectivity index (χ1v) is 7.29. The van der Waals surface area contributed by atoms with Crippen LogP contribution in [0.15, 0.2) is 34.7 Å². The summed E-state index contributed by atoms with van der Waals surface area (Å²) < 4.78 is 4.84. The first-order valence-electron chi connectivity index (χ1n) is 6.41. The number of nitrogens with zero attached hydrogens (tertiary/aromatic N) is 2. The van der Waals surface area contributed by atoms with Crippen LogP contribution in [0.4, 0.5) is 5.69 Å². The highest BCUT2D eigenvalue weighted by Crippen LogP contribution is 2.37. The summed E-state index contributed by atoms with van der Waals surface area (Å²) in [6.45, 7) is 0. The first kappa shape index (κ1) is 16.4. The predicted molar refractivity (Wildman–Crippen MR) is 85.1 cm³/mol. The number of rotatable bonds is 6. The van der Waals surface area contributed by atoms with Gasteiger partial charge in [-0.05, 0) is 23.6 Å². The van der Waals surface area contributed by atoms with Crippen LogP contribution in [0.3, 0.4) is 0 Å². The summed E-state index contributed by atoms with van der Waals surface area (Å²) in [4.78, 5) is 23.0. The van der Waals surface area contributed by atoms with Gasteiger partial charge in [0.1, 0.15) is 0 Å². The van der Waals surface area contributed by atoms with E-state index in [9.17, 15) is 20.0 Å². The average Bonchev–Trinajstić information content (AvgIpc) is 3.00. The van der Waals surface area contributed by atoms with Crippen LogP contribution in [0.5, 0.6) is 11.5 Å². The Morgan fingerprint density at radius 2 is 2.30 bits per heavy atom. The van der Waals surface area contributed by atoms with Gasteiger partial charge in [0.2, 0.25) is 11.7 Å². The number of nitrogens with one attached hydrogen (secondary N) is 1. The number of thiophene rings is 1. The van der Waals surface area contributed by atoms with E-state index >= 15 is 0 Å². The lowest BCUT2D eigenvalue weighted by molar-refractivity contribution is -0.386. The van der Waals surface area contributed by atoms with E-state index in [0.717, 1.165) is 11.1 Å². The summed E-state index contributed by atoms with van der Waals surface area (Å²) in [5.41, 5.74) is 1.97. The molecule has 1 aromatic heterocycles. The molecule has 120 valence electrons. The van der Waals surface area contributed by atoms with Gasteiger partial charge in [0.25, 0.3) is 0 Å². The second-order valence-electron chi connectivity index (χ2n) is 4.36. The molecule has 2 rings (SSSR count). The molecule has 0 unspecified atom stereocenters. The SMILES string of the molecule is COc1c(O)ccc(/C=N\NC(=O)Cc2cccs2)c1[N+](=O)[O-]. The summed E-state index contributed by atoms with van der Waals surface area (Å²) in [5.74, 6) is -0.945. The smallest absolute Gasteiger partial charge is 0.323 e. The molecule has 23 heavy (non-hydrogen) atoms. The normalized spacial score (nSPS) is 10.7. The number of methoxy groups -OCH3 is 1. The van der Waals surface area contributed by atoms with Crippen molar-refractivity contribution in [2.45, 2.75) is 6.42 Å². The van der Waals surface area contributed by atoms with Crippen LogP contribution in [0.25, 0.3) is 0 Å². The van der Waals surface area contributed by atoms with Crippen LogP contribution >= 0.6 is 11.3 Å². The molecule has 2 aromatic rings. The Bertz CT molecular complexity index is 743. The molecule has 0 atom stereocenters. The van der Waals surface area contributed by atoms with Crippen molar-refractivity contribution in [3.63, 3.8) is 0 Å². The number of carbonyl (C=O) groups is 1. The topological polar surface area (TPSA) is 114 Å². The highest BCUT2D eigenvalue weighted by Gasteiger charge is 2.23. The van der Waals surface area contributed by atoms with Crippen LogP contribution in [0.1, 0.15) is 10.4 Å². The van der Waals surface area contributed by atoms with Crippen LogP contribution < -0.4 is 10.2 Å². The van der Waals surface area contributed by atoms with Crippen molar-refractivity contribution >= 4 is 29.1 Å². The number of nitro benzene ring substituents is 1. The van der Waals surface area contributed by atoms with E-state index in [1.807, 2.05) is 17.5 Å². The largest absolute Gasteiger partial charge is 0.504 e. The van der Waals surface area contributed by atoms with Gasteiger partial charge in [-0.3, -0.25) is 14.9 Å². The molecule has 0 radical (unpaired) electrons. The number of phenols is 1. The van der Waals surface area contributed by atoms with Gasteiger partial charge in [0, 0.05) is 4.88 Å². The molecule has 2 N–H and O–H groups in total. The molecule has 0 spiro atoms. The van der Waals surface area contributed by atoms with E-state index in [1.54, 1.807) is 0 Å². The van der Waals surface area contributed by atoms with Crippen LogP contribution in [-0.2, 0) is 11.2 Å². The molecular formula is C14H13N3O5S. The number of hydrazone groups is 1. The molecule has 8 nitrogen and oxygen atoms in total. The van der Waals surface area contributed by atoms with Gasteiger partial charge < -0.3 is 9.84 Å². The molecule has 1 heterocycles. The van der Waals surface area contributed by atoms with Crippen molar-refractivity contribution in [1.82, 2.24) is 5.43 Å². The molecule has 0 saturated heterocycles. The van der Waals surface area contributed by atoms with Crippen molar-refractivity contribution in [2.75, 3.05) is 7.11 Å². The number of carbonyl (C=O) groups excluding carboxylic acids is 1. The van der Waals surface area contributed by atoms with Crippen LogP contribution in [-0.4, -0.2) is 29.3 Å². The molecule has 0 bridgehead atoms. The Morgan fingerprint density at radius 3 is 2.91 bits per heavy atom. The minimum atomic E-state index is -0.687. The van der Waals surface area contributed by atoms with Gasteiger partial charge >= 0.3 is 5.69 Å². The lowest BCUT2D eigenvalue weighted by atomic mass is 10.1. The van der Waals surface area contributed by atoms with E-state index in [4.69, 9.17) is 4.74 Å². The molecule has 0 aliphatic heterocycles. The number of phenolic OH excluding ortho intramolecular Hbond substituents is 1. The first-order chi connectivity index (χ1) is 11.0. The number of aromatic hydroxyl groups is 1. The molecule has 0 aliphatic carbocycles. The quantitative estimate of drug-likeness (QED) is 0.476. The maximum Gasteiger partial charge on any atom is 0.323 e. The van der Waals surface area contributed by atoms with Crippen molar-refractivity contribution in [3.05, 3.63) is 50.2 Å². The monoisotopic (exact) mass is 335 g/mol. The highest BCUT2D eigenvalue weighted by atomic mass is 32.1.